The van der Waals surface area contributed by atoms with Crippen LogP contribution in [0, 0.1) is 17.8 Å². The normalized spacial score (nSPS) is 30.4. The molecule has 0 bridgehead atoms. The fourth-order valence-corrected chi connectivity index (χ4v) is 2.83. The number of rotatable bonds is 5. The third kappa shape index (κ3) is 4.52. The number of piperidine rings is 1. The minimum absolute atomic E-state index is 0.734. The molecule has 0 aromatic heterocycles. The molecule has 0 spiro atoms. The number of nitrogens with zero attached hydrogens (tertiary/aromatic N) is 1. The quantitative estimate of drug-likeness (QED) is 0.758. The molecular formula is C13H28N2. The Balaban J connectivity index is 2.25. The zero-order valence-corrected chi connectivity index (χ0v) is 10.7. The summed E-state index contributed by atoms with van der Waals surface area (Å²) in [4.78, 5) is 2.64. The first kappa shape index (κ1) is 13.0. The summed E-state index contributed by atoms with van der Waals surface area (Å²) >= 11 is 0. The van der Waals surface area contributed by atoms with E-state index < -0.39 is 0 Å². The van der Waals surface area contributed by atoms with Crippen LogP contribution in [0.2, 0.25) is 0 Å². The maximum absolute atomic E-state index is 5.73. The summed E-state index contributed by atoms with van der Waals surface area (Å²) in [6.07, 6.45) is 3.92. The average molecular weight is 212 g/mol. The van der Waals surface area contributed by atoms with Crippen molar-refractivity contribution in [2.75, 3.05) is 26.2 Å². The second-order valence-electron chi connectivity index (χ2n) is 5.50. The summed E-state index contributed by atoms with van der Waals surface area (Å²) < 4.78 is 0. The van der Waals surface area contributed by atoms with E-state index in [1.807, 2.05) is 0 Å². The van der Waals surface area contributed by atoms with Gasteiger partial charge in [0.2, 0.25) is 0 Å². The van der Waals surface area contributed by atoms with Crippen LogP contribution < -0.4 is 5.73 Å². The van der Waals surface area contributed by atoms with Crippen LogP contribution >= 0.6 is 0 Å². The summed E-state index contributed by atoms with van der Waals surface area (Å²) in [5, 5.41) is 0. The van der Waals surface area contributed by atoms with Gasteiger partial charge in [-0.15, -0.1) is 0 Å². The third-order valence-corrected chi connectivity index (χ3v) is 3.71. The van der Waals surface area contributed by atoms with E-state index >= 15 is 0 Å². The molecule has 2 N–H and O–H groups in total. The zero-order chi connectivity index (χ0) is 11.3. The predicted octanol–water partition coefficient (Wildman–Crippen LogP) is 2.34. The van der Waals surface area contributed by atoms with Crippen LogP contribution in [0.1, 0.15) is 40.0 Å². The Morgan fingerprint density at radius 2 is 1.87 bits per heavy atom. The molecule has 1 fully saturated rings. The van der Waals surface area contributed by atoms with Crippen LogP contribution in [0.3, 0.4) is 0 Å². The SMILES string of the molecule is CCC(CN)CCN1CC(C)CC(C)C1. The molecule has 1 heterocycles. The maximum Gasteiger partial charge on any atom is 0.000724 e. The molecule has 15 heavy (non-hydrogen) atoms. The van der Waals surface area contributed by atoms with Crippen molar-refractivity contribution in [1.29, 1.82) is 0 Å². The average Bonchev–Trinajstić information content (AvgIpc) is 2.18. The maximum atomic E-state index is 5.73. The van der Waals surface area contributed by atoms with Gasteiger partial charge < -0.3 is 10.6 Å². The van der Waals surface area contributed by atoms with E-state index in [0.717, 1.165) is 24.3 Å². The molecule has 90 valence electrons. The Morgan fingerprint density at radius 1 is 1.27 bits per heavy atom. The highest BCUT2D eigenvalue weighted by Gasteiger charge is 2.21. The molecule has 0 aromatic rings. The van der Waals surface area contributed by atoms with Crippen molar-refractivity contribution < 1.29 is 0 Å². The molecule has 0 aromatic carbocycles. The molecule has 0 radical (unpaired) electrons. The Bertz CT molecular complexity index is 156. The van der Waals surface area contributed by atoms with E-state index in [0.29, 0.717) is 0 Å². The molecule has 0 amide bonds. The second kappa shape index (κ2) is 6.49. The van der Waals surface area contributed by atoms with Gasteiger partial charge in [-0.3, -0.25) is 0 Å². The minimum Gasteiger partial charge on any atom is -0.330 e. The van der Waals surface area contributed by atoms with Gasteiger partial charge in [0.05, 0.1) is 0 Å². The molecule has 0 aliphatic carbocycles. The van der Waals surface area contributed by atoms with E-state index in [9.17, 15) is 0 Å². The largest absolute Gasteiger partial charge is 0.330 e. The first-order valence-electron chi connectivity index (χ1n) is 6.58. The van der Waals surface area contributed by atoms with Gasteiger partial charge in [0.25, 0.3) is 0 Å². The van der Waals surface area contributed by atoms with Crippen molar-refractivity contribution in [3.05, 3.63) is 0 Å². The summed E-state index contributed by atoms with van der Waals surface area (Å²) in [6.45, 7) is 11.7. The standard InChI is InChI=1S/C13H28N2/c1-4-13(8-14)5-6-15-9-11(2)7-12(3)10-15/h11-13H,4-10,14H2,1-3H3. The van der Waals surface area contributed by atoms with Crippen LogP contribution in [0.5, 0.6) is 0 Å². The number of nitrogens with two attached hydrogens (primary N) is 1. The van der Waals surface area contributed by atoms with E-state index in [-0.39, 0.29) is 0 Å². The Labute approximate surface area is 95.2 Å². The van der Waals surface area contributed by atoms with Gasteiger partial charge >= 0.3 is 0 Å². The van der Waals surface area contributed by atoms with Crippen molar-refractivity contribution >= 4 is 0 Å². The van der Waals surface area contributed by atoms with E-state index in [1.165, 1.54) is 38.9 Å². The van der Waals surface area contributed by atoms with Gasteiger partial charge in [-0.1, -0.05) is 27.2 Å². The van der Waals surface area contributed by atoms with Gasteiger partial charge in [-0.2, -0.15) is 0 Å². The van der Waals surface area contributed by atoms with Crippen LogP contribution in [0.15, 0.2) is 0 Å². The van der Waals surface area contributed by atoms with E-state index in [2.05, 4.69) is 25.7 Å². The molecule has 1 aliphatic rings. The summed E-state index contributed by atoms with van der Waals surface area (Å²) in [5.74, 6) is 2.50. The number of hydrogen-bond donors (Lipinski definition) is 1. The molecule has 1 aliphatic heterocycles. The smallest absolute Gasteiger partial charge is 0.000724 e. The molecule has 3 atom stereocenters. The summed E-state index contributed by atoms with van der Waals surface area (Å²) in [7, 11) is 0. The third-order valence-electron chi connectivity index (χ3n) is 3.71. The van der Waals surface area contributed by atoms with E-state index in [4.69, 9.17) is 5.73 Å². The lowest BCUT2D eigenvalue weighted by atomic mass is 9.91. The molecule has 0 saturated carbocycles. The lowest BCUT2D eigenvalue weighted by molar-refractivity contribution is 0.133. The highest BCUT2D eigenvalue weighted by Crippen LogP contribution is 2.21. The van der Waals surface area contributed by atoms with Crippen molar-refractivity contribution in [2.45, 2.75) is 40.0 Å². The van der Waals surface area contributed by atoms with Crippen molar-refractivity contribution in [3.8, 4) is 0 Å². The van der Waals surface area contributed by atoms with Gasteiger partial charge in [-0.25, -0.2) is 0 Å². The fraction of sp³-hybridized carbons (Fsp3) is 1.00. The first-order chi connectivity index (χ1) is 7.15. The molecule has 2 nitrogen and oxygen atoms in total. The number of likely N-dealkylation sites (tertiary alicyclic amines) is 1. The van der Waals surface area contributed by atoms with Gasteiger partial charge in [0.15, 0.2) is 0 Å². The molecule has 3 unspecified atom stereocenters. The number of hydrogen-bond acceptors (Lipinski definition) is 2. The molecular weight excluding hydrogens is 184 g/mol. The highest BCUT2D eigenvalue weighted by molar-refractivity contribution is 4.75. The van der Waals surface area contributed by atoms with Crippen molar-refractivity contribution in [3.63, 3.8) is 0 Å². The zero-order valence-electron chi connectivity index (χ0n) is 10.7. The van der Waals surface area contributed by atoms with Crippen molar-refractivity contribution in [1.82, 2.24) is 4.90 Å². The van der Waals surface area contributed by atoms with Crippen molar-refractivity contribution in [2.24, 2.45) is 23.5 Å². The molecule has 2 heteroatoms. The minimum atomic E-state index is 0.734. The Hall–Kier alpha value is -0.0800. The highest BCUT2D eigenvalue weighted by atomic mass is 15.1. The van der Waals surface area contributed by atoms with Crippen LogP contribution in [-0.2, 0) is 0 Å². The monoisotopic (exact) mass is 212 g/mol. The lowest BCUT2D eigenvalue weighted by Crippen LogP contribution is -2.40. The van der Waals surface area contributed by atoms with Crippen LogP contribution in [0.25, 0.3) is 0 Å². The summed E-state index contributed by atoms with van der Waals surface area (Å²) in [5.41, 5.74) is 5.73. The molecule has 1 saturated heterocycles. The Morgan fingerprint density at radius 3 is 2.33 bits per heavy atom. The van der Waals surface area contributed by atoms with Crippen LogP contribution in [-0.4, -0.2) is 31.1 Å². The second-order valence-corrected chi connectivity index (χ2v) is 5.50. The lowest BCUT2D eigenvalue weighted by Gasteiger charge is -2.35. The van der Waals surface area contributed by atoms with E-state index in [1.54, 1.807) is 0 Å². The molecule has 1 rings (SSSR count). The van der Waals surface area contributed by atoms with Gasteiger partial charge in [0.1, 0.15) is 0 Å². The summed E-state index contributed by atoms with van der Waals surface area (Å²) in [6, 6.07) is 0. The first-order valence-corrected chi connectivity index (χ1v) is 6.58. The van der Waals surface area contributed by atoms with Gasteiger partial charge in [0, 0.05) is 13.1 Å². The van der Waals surface area contributed by atoms with Crippen LogP contribution in [0.4, 0.5) is 0 Å². The Kier molecular flexibility index (Phi) is 5.62. The fourth-order valence-electron chi connectivity index (χ4n) is 2.83. The van der Waals surface area contributed by atoms with Gasteiger partial charge in [-0.05, 0) is 43.7 Å². The predicted molar refractivity (Wildman–Crippen MR) is 66.8 cm³/mol. The topological polar surface area (TPSA) is 29.3 Å².